The van der Waals surface area contributed by atoms with E-state index in [0.29, 0.717) is 36.8 Å². The SMILES string of the molecule is Cc1nn(C(C)(C)C)c2nc(C3CC3)cc(C(=O)N(C)CCCOc3cccc(S(C)(=O)=O)c3)c12. The lowest BCUT2D eigenvalue weighted by Gasteiger charge is -2.21. The second-order valence-corrected chi connectivity index (χ2v) is 12.4. The predicted octanol–water partition coefficient (Wildman–Crippen LogP) is 4.32. The number of carbonyl (C=O) groups is 1. The van der Waals surface area contributed by atoms with Crippen LogP contribution in [-0.4, -0.2) is 60.4 Å². The van der Waals surface area contributed by atoms with E-state index >= 15 is 0 Å². The molecule has 0 spiro atoms. The maximum atomic E-state index is 13.5. The van der Waals surface area contributed by atoms with Crippen LogP contribution in [0.5, 0.6) is 5.75 Å². The monoisotopic (exact) mass is 498 g/mol. The van der Waals surface area contributed by atoms with Crippen LogP contribution in [0.25, 0.3) is 11.0 Å². The summed E-state index contributed by atoms with van der Waals surface area (Å²) in [5.41, 5.74) is 2.93. The highest BCUT2D eigenvalue weighted by Gasteiger charge is 2.31. The third-order valence-corrected chi connectivity index (χ3v) is 7.29. The van der Waals surface area contributed by atoms with Crippen molar-refractivity contribution in [2.45, 2.75) is 63.3 Å². The first-order chi connectivity index (χ1) is 16.4. The van der Waals surface area contributed by atoms with Gasteiger partial charge >= 0.3 is 0 Å². The standard InChI is InChI=1S/C26H34N4O4S/c1-17-23-21(16-22(18-11-12-18)27-24(23)30(28-17)26(2,3)4)25(31)29(5)13-8-14-34-19-9-7-10-20(15-19)35(6,32)33/h7,9-10,15-16,18H,8,11-14H2,1-6H3. The Labute approximate surface area is 207 Å². The Hall–Kier alpha value is -2.94. The van der Waals surface area contributed by atoms with Gasteiger partial charge in [0.25, 0.3) is 5.91 Å². The average Bonchev–Trinajstić information content (AvgIpc) is 3.58. The summed E-state index contributed by atoms with van der Waals surface area (Å²) in [6, 6.07) is 8.41. The van der Waals surface area contributed by atoms with Crippen LogP contribution >= 0.6 is 0 Å². The van der Waals surface area contributed by atoms with Crippen molar-refractivity contribution >= 4 is 26.8 Å². The van der Waals surface area contributed by atoms with Gasteiger partial charge in [-0.15, -0.1) is 0 Å². The van der Waals surface area contributed by atoms with Crippen molar-refractivity contribution in [1.82, 2.24) is 19.7 Å². The number of pyridine rings is 1. The fraction of sp³-hybridized carbons (Fsp3) is 0.500. The van der Waals surface area contributed by atoms with Gasteiger partial charge in [0.2, 0.25) is 0 Å². The van der Waals surface area contributed by atoms with E-state index in [1.165, 1.54) is 12.3 Å². The number of nitrogens with zero attached hydrogens (tertiary/aromatic N) is 4. The zero-order chi connectivity index (χ0) is 25.5. The van der Waals surface area contributed by atoms with Gasteiger partial charge in [0.15, 0.2) is 15.5 Å². The van der Waals surface area contributed by atoms with Gasteiger partial charge in [-0.3, -0.25) is 4.79 Å². The van der Waals surface area contributed by atoms with Crippen LogP contribution < -0.4 is 4.74 Å². The predicted molar refractivity (Wildman–Crippen MR) is 136 cm³/mol. The van der Waals surface area contributed by atoms with E-state index in [1.807, 2.05) is 17.7 Å². The number of carbonyl (C=O) groups excluding carboxylic acids is 1. The molecule has 1 aliphatic rings. The highest BCUT2D eigenvalue weighted by atomic mass is 32.2. The van der Waals surface area contributed by atoms with Crippen LogP contribution in [0.2, 0.25) is 0 Å². The minimum Gasteiger partial charge on any atom is -0.493 e. The molecule has 0 N–H and O–H groups in total. The summed E-state index contributed by atoms with van der Waals surface area (Å²) in [7, 11) is -1.50. The first-order valence-electron chi connectivity index (χ1n) is 12.0. The molecule has 2 heterocycles. The summed E-state index contributed by atoms with van der Waals surface area (Å²) in [5.74, 6) is 0.850. The van der Waals surface area contributed by atoms with Gasteiger partial charge in [0.05, 0.1) is 33.7 Å². The molecule has 0 aliphatic heterocycles. The van der Waals surface area contributed by atoms with Gasteiger partial charge in [-0.25, -0.2) is 18.1 Å². The zero-order valence-corrected chi connectivity index (χ0v) is 22.1. The summed E-state index contributed by atoms with van der Waals surface area (Å²) < 4.78 is 31.2. The maximum absolute atomic E-state index is 13.5. The largest absolute Gasteiger partial charge is 0.493 e. The molecule has 9 heteroatoms. The minimum absolute atomic E-state index is 0.0602. The Kier molecular flexibility index (Phi) is 6.66. The molecule has 4 rings (SSSR count). The molecule has 0 radical (unpaired) electrons. The van der Waals surface area contributed by atoms with Crippen LogP contribution in [0.3, 0.4) is 0 Å². The number of aryl methyl sites for hydroxylation is 1. The molecule has 1 aliphatic carbocycles. The molecular weight excluding hydrogens is 464 g/mol. The van der Waals surface area contributed by atoms with Crippen LogP contribution in [0.15, 0.2) is 35.2 Å². The van der Waals surface area contributed by atoms with Crippen LogP contribution in [0.4, 0.5) is 0 Å². The molecule has 0 unspecified atom stereocenters. The molecule has 35 heavy (non-hydrogen) atoms. The van der Waals surface area contributed by atoms with E-state index in [1.54, 1.807) is 30.1 Å². The number of fused-ring (bicyclic) bond motifs is 1. The number of ether oxygens (including phenoxy) is 1. The lowest BCUT2D eigenvalue weighted by atomic mass is 10.1. The third-order valence-electron chi connectivity index (χ3n) is 6.18. The molecule has 2 aromatic heterocycles. The molecule has 0 atom stereocenters. The van der Waals surface area contributed by atoms with Crippen molar-refractivity contribution in [3.8, 4) is 5.75 Å². The maximum Gasteiger partial charge on any atom is 0.254 e. The summed E-state index contributed by atoms with van der Waals surface area (Å²) >= 11 is 0. The van der Waals surface area contributed by atoms with E-state index in [9.17, 15) is 13.2 Å². The number of amides is 1. The van der Waals surface area contributed by atoms with Gasteiger partial charge in [-0.05, 0) is 71.2 Å². The quantitative estimate of drug-likeness (QED) is 0.430. The fourth-order valence-electron chi connectivity index (χ4n) is 4.13. The number of benzene rings is 1. The normalized spacial score (nSPS) is 14.3. The Morgan fingerprint density at radius 1 is 1.23 bits per heavy atom. The molecule has 1 saturated carbocycles. The van der Waals surface area contributed by atoms with Crippen molar-refractivity contribution in [1.29, 1.82) is 0 Å². The molecule has 3 aromatic rings. The van der Waals surface area contributed by atoms with Crippen molar-refractivity contribution < 1.29 is 17.9 Å². The number of sulfone groups is 1. The van der Waals surface area contributed by atoms with Gasteiger partial charge in [0.1, 0.15) is 5.75 Å². The molecular formula is C26H34N4O4S. The molecule has 0 bridgehead atoms. The molecule has 1 fully saturated rings. The van der Waals surface area contributed by atoms with E-state index in [2.05, 4.69) is 20.8 Å². The minimum atomic E-state index is -3.29. The Morgan fingerprint density at radius 3 is 2.57 bits per heavy atom. The summed E-state index contributed by atoms with van der Waals surface area (Å²) in [6.45, 7) is 9.06. The van der Waals surface area contributed by atoms with Crippen molar-refractivity contribution in [2.24, 2.45) is 0 Å². The van der Waals surface area contributed by atoms with Crippen LogP contribution in [-0.2, 0) is 15.4 Å². The van der Waals surface area contributed by atoms with Crippen molar-refractivity contribution in [3.05, 3.63) is 47.3 Å². The van der Waals surface area contributed by atoms with Gasteiger partial charge in [0, 0.05) is 31.5 Å². The third kappa shape index (κ3) is 5.50. The lowest BCUT2D eigenvalue weighted by Crippen LogP contribution is -2.29. The second-order valence-electron chi connectivity index (χ2n) is 10.4. The summed E-state index contributed by atoms with van der Waals surface area (Å²) in [4.78, 5) is 20.4. The van der Waals surface area contributed by atoms with Crippen LogP contribution in [0, 0.1) is 6.92 Å². The second kappa shape index (κ2) is 9.26. The van der Waals surface area contributed by atoms with Gasteiger partial charge in [-0.1, -0.05) is 6.07 Å². The van der Waals surface area contributed by atoms with Crippen molar-refractivity contribution in [2.75, 3.05) is 26.5 Å². The average molecular weight is 499 g/mol. The van der Waals surface area contributed by atoms with E-state index < -0.39 is 9.84 Å². The van der Waals surface area contributed by atoms with E-state index in [4.69, 9.17) is 14.8 Å². The summed E-state index contributed by atoms with van der Waals surface area (Å²) in [5, 5.41) is 5.55. The zero-order valence-electron chi connectivity index (χ0n) is 21.3. The Morgan fingerprint density at radius 2 is 1.94 bits per heavy atom. The highest BCUT2D eigenvalue weighted by Crippen LogP contribution is 2.41. The smallest absolute Gasteiger partial charge is 0.254 e. The molecule has 1 aromatic carbocycles. The Balaban J connectivity index is 1.49. The molecule has 0 saturated heterocycles. The highest BCUT2D eigenvalue weighted by molar-refractivity contribution is 7.90. The van der Waals surface area contributed by atoms with E-state index in [-0.39, 0.29) is 16.3 Å². The topological polar surface area (TPSA) is 94.4 Å². The first kappa shape index (κ1) is 25.2. The first-order valence-corrected chi connectivity index (χ1v) is 13.8. The van der Waals surface area contributed by atoms with Crippen molar-refractivity contribution in [3.63, 3.8) is 0 Å². The number of aromatic nitrogens is 3. The molecule has 1 amide bonds. The number of hydrogen-bond donors (Lipinski definition) is 0. The van der Waals surface area contributed by atoms with Crippen LogP contribution in [0.1, 0.15) is 67.7 Å². The molecule has 188 valence electrons. The fourth-order valence-corrected chi connectivity index (χ4v) is 4.78. The Bertz CT molecular complexity index is 1370. The van der Waals surface area contributed by atoms with E-state index in [0.717, 1.165) is 35.3 Å². The molecule has 8 nitrogen and oxygen atoms in total. The van der Waals surface area contributed by atoms with Gasteiger partial charge in [-0.2, -0.15) is 5.10 Å². The van der Waals surface area contributed by atoms with Gasteiger partial charge < -0.3 is 9.64 Å². The number of rotatable bonds is 8. The summed E-state index contributed by atoms with van der Waals surface area (Å²) in [6.07, 6.45) is 3.98. The lowest BCUT2D eigenvalue weighted by molar-refractivity contribution is 0.0789. The number of hydrogen-bond acceptors (Lipinski definition) is 6.